The van der Waals surface area contributed by atoms with Crippen molar-refractivity contribution >= 4 is 0 Å². The molecule has 3 aromatic carbocycles. The molecule has 0 nitrogen and oxygen atoms in total. The summed E-state index contributed by atoms with van der Waals surface area (Å²) in [6.45, 7) is 2.02. The zero-order valence-corrected chi connectivity index (χ0v) is 17.1. The number of aryl methyl sites for hydroxylation is 1. The van der Waals surface area contributed by atoms with E-state index in [4.69, 9.17) is 0 Å². The van der Waals surface area contributed by atoms with E-state index in [0.29, 0.717) is 5.56 Å². The van der Waals surface area contributed by atoms with Crippen molar-refractivity contribution in [3.8, 4) is 22.3 Å². The number of rotatable bonds is 2. The van der Waals surface area contributed by atoms with Gasteiger partial charge in [0.05, 0.1) is 0 Å². The van der Waals surface area contributed by atoms with Crippen LogP contribution >= 0.6 is 0 Å². The molecule has 0 aromatic heterocycles. The molecule has 0 N–H and O–H groups in total. The van der Waals surface area contributed by atoms with Crippen molar-refractivity contribution in [3.05, 3.63) is 84.2 Å². The second-order valence-electron chi connectivity index (χ2n) is 4.85. The third-order valence-electron chi connectivity index (χ3n) is 3.38. The third kappa shape index (κ3) is 3.98. The van der Waals surface area contributed by atoms with Gasteiger partial charge in [0.25, 0.3) is 0 Å². The van der Waals surface area contributed by atoms with Gasteiger partial charge in [-0.1, -0.05) is 42.0 Å². The number of hydrogen-bond donors (Lipinski definition) is 0. The van der Waals surface area contributed by atoms with Gasteiger partial charge in [0.2, 0.25) is 0 Å². The third-order valence-corrected chi connectivity index (χ3v) is 3.38. The summed E-state index contributed by atoms with van der Waals surface area (Å²) in [4.78, 5) is 0. The van der Waals surface area contributed by atoms with E-state index in [2.05, 4.69) is 6.07 Å². The molecule has 0 bridgehead atoms. The summed E-state index contributed by atoms with van der Waals surface area (Å²) < 4.78 is 14.3. The Labute approximate surface area is 173 Å². The van der Waals surface area contributed by atoms with Crippen molar-refractivity contribution in [3.63, 3.8) is 0 Å². The van der Waals surface area contributed by atoms with Crippen LogP contribution in [0.15, 0.2) is 66.7 Å². The van der Waals surface area contributed by atoms with Crippen LogP contribution < -0.4 is 58.2 Å². The Morgan fingerprint density at radius 3 is 2.00 bits per heavy atom. The van der Waals surface area contributed by atoms with Crippen molar-refractivity contribution in [2.75, 3.05) is 0 Å². The topological polar surface area (TPSA) is 0 Å². The molecule has 0 spiro atoms. The minimum absolute atomic E-state index is 0. The van der Waals surface area contributed by atoms with Gasteiger partial charge in [-0.05, 0) is 24.1 Å². The van der Waals surface area contributed by atoms with Gasteiger partial charge in [-0.2, -0.15) is 30.3 Å². The van der Waals surface area contributed by atoms with E-state index in [9.17, 15) is 4.39 Å². The first kappa shape index (κ1) is 16.8. The Balaban J connectivity index is 0.00000161. The first-order valence-corrected chi connectivity index (χ1v) is 6.57. The van der Waals surface area contributed by atoms with E-state index >= 15 is 0 Å². The van der Waals surface area contributed by atoms with E-state index < -0.39 is 0 Å². The molecule has 3 rings (SSSR count). The Morgan fingerprint density at radius 2 is 1.38 bits per heavy atom. The fraction of sp³-hybridized carbons (Fsp3) is 0.0526. The van der Waals surface area contributed by atoms with E-state index in [1.165, 1.54) is 5.56 Å². The molecule has 0 unspecified atom stereocenters. The molecule has 0 aliphatic carbocycles. The van der Waals surface area contributed by atoms with Crippen molar-refractivity contribution in [2.45, 2.75) is 6.92 Å². The van der Waals surface area contributed by atoms with Crippen LogP contribution in [0.25, 0.3) is 22.3 Å². The molecular weight excluding hydrogens is 333 g/mol. The van der Waals surface area contributed by atoms with Gasteiger partial charge in [-0.15, -0.1) is 5.56 Å². The predicted molar refractivity (Wildman–Crippen MR) is 80.8 cm³/mol. The molecule has 0 amide bonds. The van der Waals surface area contributed by atoms with Crippen molar-refractivity contribution in [2.24, 2.45) is 0 Å². The fourth-order valence-corrected chi connectivity index (χ4v) is 2.24. The second-order valence-corrected chi connectivity index (χ2v) is 4.85. The van der Waals surface area contributed by atoms with Crippen LogP contribution in [0.4, 0.5) is 4.39 Å². The molecule has 0 atom stereocenters. The molecule has 98 valence electrons. The number of halogens is 1. The summed E-state index contributed by atoms with van der Waals surface area (Å²) in [7, 11) is 0. The standard InChI is InChI=1S/C19H14F.Rb/c1-14-7-9-16(10-8-14)18-12-11-17(13-19(18)20)15-5-3-2-4-6-15;/h3-13H,1H3;/q-1;+1. The van der Waals surface area contributed by atoms with Crippen molar-refractivity contribution < 1.29 is 62.6 Å². The Bertz CT molecular complexity index is 718. The average molecular weight is 347 g/mol. The number of hydrogen-bond acceptors (Lipinski definition) is 0. The molecular formula is C19H14FRb. The minimum Gasteiger partial charge on any atom is -0.206 e. The Kier molecular flexibility index (Phi) is 6.06. The van der Waals surface area contributed by atoms with Gasteiger partial charge in [0.1, 0.15) is 5.82 Å². The van der Waals surface area contributed by atoms with E-state index in [0.717, 1.165) is 16.7 Å². The van der Waals surface area contributed by atoms with Crippen LogP contribution in [0.1, 0.15) is 5.56 Å². The minimum atomic E-state index is -0.195. The zero-order valence-electron chi connectivity index (χ0n) is 12.2. The predicted octanol–water partition coefficient (Wildman–Crippen LogP) is 2.27. The molecule has 0 aliphatic heterocycles. The molecule has 21 heavy (non-hydrogen) atoms. The number of benzene rings is 3. The van der Waals surface area contributed by atoms with Gasteiger partial charge < -0.3 is 0 Å². The van der Waals surface area contributed by atoms with Gasteiger partial charge in [0.15, 0.2) is 0 Å². The van der Waals surface area contributed by atoms with E-state index in [1.54, 1.807) is 6.07 Å². The van der Waals surface area contributed by atoms with Crippen molar-refractivity contribution in [1.82, 2.24) is 0 Å². The van der Waals surface area contributed by atoms with Crippen LogP contribution in [0, 0.1) is 18.8 Å². The van der Waals surface area contributed by atoms with Crippen LogP contribution in [-0.2, 0) is 0 Å². The Morgan fingerprint density at radius 1 is 0.762 bits per heavy atom. The molecule has 0 saturated heterocycles. The molecule has 0 fully saturated rings. The maximum absolute atomic E-state index is 14.3. The largest absolute Gasteiger partial charge is 1.00 e. The molecule has 0 radical (unpaired) electrons. The quantitative estimate of drug-likeness (QED) is 0.625. The zero-order chi connectivity index (χ0) is 13.9. The summed E-state index contributed by atoms with van der Waals surface area (Å²) in [6, 6.07) is 23.8. The summed E-state index contributed by atoms with van der Waals surface area (Å²) in [6.07, 6.45) is 0. The van der Waals surface area contributed by atoms with Crippen LogP contribution in [0.2, 0.25) is 0 Å². The van der Waals surface area contributed by atoms with Gasteiger partial charge in [0, 0.05) is 5.56 Å². The maximum Gasteiger partial charge on any atom is 1.00 e. The van der Waals surface area contributed by atoms with Crippen LogP contribution in [-0.4, -0.2) is 0 Å². The normalized spacial score (nSPS) is 10.0. The molecule has 0 aliphatic rings. The van der Waals surface area contributed by atoms with Gasteiger partial charge >= 0.3 is 58.2 Å². The second kappa shape index (κ2) is 7.60. The summed E-state index contributed by atoms with van der Waals surface area (Å²) >= 11 is 0. The van der Waals surface area contributed by atoms with Crippen LogP contribution in [0.3, 0.4) is 0 Å². The summed E-state index contributed by atoms with van der Waals surface area (Å²) in [5, 5.41) is 0. The van der Waals surface area contributed by atoms with Gasteiger partial charge in [-0.25, -0.2) is 4.39 Å². The first-order chi connectivity index (χ1) is 9.74. The molecule has 2 heteroatoms. The SMILES string of the molecule is Cc1ccc(-c2ccc(-c3cc[c-]cc3)cc2F)cc1.[Rb+]. The average Bonchev–Trinajstić information content (AvgIpc) is 2.49. The van der Waals surface area contributed by atoms with E-state index in [-0.39, 0.29) is 64.0 Å². The van der Waals surface area contributed by atoms with Crippen LogP contribution in [0.5, 0.6) is 0 Å². The van der Waals surface area contributed by atoms with E-state index in [1.807, 2.05) is 67.6 Å². The monoisotopic (exact) mass is 346 g/mol. The Hall–Kier alpha value is -0.605. The molecule has 0 heterocycles. The smallest absolute Gasteiger partial charge is 0.206 e. The first-order valence-electron chi connectivity index (χ1n) is 6.57. The summed E-state index contributed by atoms with van der Waals surface area (Å²) in [5.41, 5.74) is 4.59. The van der Waals surface area contributed by atoms with Crippen molar-refractivity contribution in [1.29, 1.82) is 0 Å². The molecule has 0 saturated carbocycles. The van der Waals surface area contributed by atoms with Gasteiger partial charge in [-0.3, -0.25) is 0 Å². The fourth-order valence-electron chi connectivity index (χ4n) is 2.24. The summed E-state index contributed by atoms with van der Waals surface area (Å²) in [5.74, 6) is -0.195. The maximum atomic E-state index is 14.3. The molecule has 3 aromatic rings.